The van der Waals surface area contributed by atoms with Crippen molar-refractivity contribution in [2.45, 2.75) is 26.7 Å². The van der Waals surface area contributed by atoms with Gasteiger partial charge in [-0.1, -0.05) is 26.0 Å². The van der Waals surface area contributed by atoms with E-state index < -0.39 is 17.7 Å². The van der Waals surface area contributed by atoms with Crippen LogP contribution in [0.1, 0.15) is 32.3 Å². The van der Waals surface area contributed by atoms with Crippen LogP contribution in [0.3, 0.4) is 0 Å². The van der Waals surface area contributed by atoms with Crippen molar-refractivity contribution in [1.82, 2.24) is 0 Å². The summed E-state index contributed by atoms with van der Waals surface area (Å²) in [6.07, 6.45) is 0. The molecule has 0 aliphatic heterocycles. The SMILES string of the molecule is CCOC(=O)C(=O)C(C#N)c1ccc(OCC(C)C)cc1. The molecule has 0 spiro atoms. The smallest absolute Gasteiger partial charge is 0.376 e. The quantitative estimate of drug-likeness (QED) is 0.569. The first-order chi connectivity index (χ1) is 9.99. The minimum atomic E-state index is -1.15. The molecular formula is C16H19NO4. The summed E-state index contributed by atoms with van der Waals surface area (Å²) in [5, 5.41) is 9.10. The van der Waals surface area contributed by atoms with Crippen LogP contribution in [-0.4, -0.2) is 25.0 Å². The van der Waals surface area contributed by atoms with Gasteiger partial charge < -0.3 is 9.47 Å². The van der Waals surface area contributed by atoms with Gasteiger partial charge in [0.2, 0.25) is 0 Å². The average Bonchev–Trinajstić information content (AvgIpc) is 2.47. The Kier molecular flexibility index (Phi) is 6.41. The van der Waals surface area contributed by atoms with Gasteiger partial charge in [0, 0.05) is 0 Å². The standard InChI is InChI=1S/C16H19NO4/c1-4-20-16(19)15(18)14(9-17)12-5-7-13(8-6-12)21-10-11(2)3/h5-8,11,14H,4,10H2,1-3H3. The predicted molar refractivity (Wildman–Crippen MR) is 76.8 cm³/mol. The van der Waals surface area contributed by atoms with E-state index in [0.717, 1.165) is 0 Å². The summed E-state index contributed by atoms with van der Waals surface area (Å²) in [6.45, 7) is 6.37. The summed E-state index contributed by atoms with van der Waals surface area (Å²) in [5.41, 5.74) is 0.451. The molecule has 0 radical (unpaired) electrons. The summed E-state index contributed by atoms with van der Waals surface area (Å²) in [6, 6.07) is 8.42. The molecular weight excluding hydrogens is 270 g/mol. The van der Waals surface area contributed by atoms with E-state index in [2.05, 4.69) is 4.74 Å². The summed E-state index contributed by atoms with van der Waals surface area (Å²) in [5.74, 6) is -1.92. The lowest BCUT2D eigenvalue weighted by molar-refractivity contribution is -0.153. The molecule has 0 aliphatic rings. The Morgan fingerprint density at radius 1 is 1.24 bits per heavy atom. The molecule has 5 heteroatoms. The number of esters is 1. The highest BCUT2D eigenvalue weighted by Crippen LogP contribution is 2.21. The molecule has 0 saturated heterocycles. The van der Waals surface area contributed by atoms with E-state index in [4.69, 9.17) is 10.00 Å². The molecule has 0 aliphatic carbocycles. The topological polar surface area (TPSA) is 76.4 Å². The number of Topliss-reactive ketones (excluding diaryl/α,β-unsaturated/α-hetero) is 1. The van der Waals surface area contributed by atoms with Crippen molar-refractivity contribution in [1.29, 1.82) is 5.26 Å². The monoisotopic (exact) mass is 289 g/mol. The molecule has 1 rings (SSSR count). The van der Waals surface area contributed by atoms with Crippen LogP contribution in [0.2, 0.25) is 0 Å². The zero-order valence-corrected chi connectivity index (χ0v) is 12.5. The average molecular weight is 289 g/mol. The number of hydrogen-bond donors (Lipinski definition) is 0. The molecule has 0 fully saturated rings. The predicted octanol–water partition coefficient (Wildman–Crippen LogP) is 2.46. The van der Waals surface area contributed by atoms with E-state index in [1.165, 1.54) is 0 Å². The number of carbonyl (C=O) groups excluding carboxylic acids is 2. The van der Waals surface area contributed by atoms with Gasteiger partial charge in [-0.2, -0.15) is 5.26 Å². The number of benzene rings is 1. The van der Waals surface area contributed by atoms with Gasteiger partial charge in [0.15, 0.2) is 0 Å². The van der Waals surface area contributed by atoms with Crippen LogP contribution in [-0.2, 0) is 14.3 Å². The molecule has 5 nitrogen and oxygen atoms in total. The van der Waals surface area contributed by atoms with Gasteiger partial charge in [-0.25, -0.2) is 4.79 Å². The lowest BCUT2D eigenvalue weighted by Crippen LogP contribution is -2.23. The van der Waals surface area contributed by atoms with E-state index in [9.17, 15) is 9.59 Å². The maximum atomic E-state index is 11.8. The third kappa shape index (κ3) is 4.92. The summed E-state index contributed by atoms with van der Waals surface area (Å²) < 4.78 is 10.2. The Morgan fingerprint density at radius 3 is 2.33 bits per heavy atom. The first kappa shape index (κ1) is 16.7. The molecule has 112 valence electrons. The minimum Gasteiger partial charge on any atom is -0.493 e. The van der Waals surface area contributed by atoms with Crippen LogP contribution < -0.4 is 4.74 Å². The molecule has 1 unspecified atom stereocenters. The third-order valence-electron chi connectivity index (χ3n) is 2.66. The number of ketones is 1. The molecule has 0 amide bonds. The van der Waals surface area contributed by atoms with Gasteiger partial charge in [-0.3, -0.25) is 4.79 Å². The first-order valence-corrected chi connectivity index (χ1v) is 6.82. The van der Waals surface area contributed by atoms with Crippen molar-refractivity contribution in [2.24, 2.45) is 5.92 Å². The highest BCUT2D eigenvalue weighted by atomic mass is 16.5. The van der Waals surface area contributed by atoms with Crippen molar-refractivity contribution in [3.63, 3.8) is 0 Å². The van der Waals surface area contributed by atoms with E-state index in [-0.39, 0.29) is 6.61 Å². The molecule has 1 atom stereocenters. The normalized spacial score (nSPS) is 11.6. The Morgan fingerprint density at radius 2 is 1.86 bits per heavy atom. The molecule has 0 N–H and O–H groups in total. The van der Waals surface area contributed by atoms with Crippen LogP contribution in [0.5, 0.6) is 5.75 Å². The maximum absolute atomic E-state index is 11.8. The van der Waals surface area contributed by atoms with Crippen LogP contribution in [0.15, 0.2) is 24.3 Å². The van der Waals surface area contributed by atoms with E-state index >= 15 is 0 Å². The molecule has 1 aromatic rings. The third-order valence-corrected chi connectivity index (χ3v) is 2.66. The summed E-state index contributed by atoms with van der Waals surface area (Å²) in [4.78, 5) is 23.2. The van der Waals surface area contributed by atoms with E-state index in [1.54, 1.807) is 31.2 Å². The summed E-state index contributed by atoms with van der Waals surface area (Å²) >= 11 is 0. The zero-order valence-electron chi connectivity index (χ0n) is 12.5. The van der Waals surface area contributed by atoms with Crippen LogP contribution in [0.25, 0.3) is 0 Å². The number of ether oxygens (including phenoxy) is 2. The molecule has 0 heterocycles. The maximum Gasteiger partial charge on any atom is 0.376 e. The van der Waals surface area contributed by atoms with Crippen molar-refractivity contribution < 1.29 is 19.1 Å². The molecule has 21 heavy (non-hydrogen) atoms. The van der Waals surface area contributed by atoms with Crippen molar-refractivity contribution in [3.05, 3.63) is 29.8 Å². The number of carbonyl (C=O) groups is 2. The second-order valence-corrected chi connectivity index (χ2v) is 4.92. The Labute approximate surface area is 124 Å². The van der Waals surface area contributed by atoms with E-state index in [0.29, 0.717) is 23.8 Å². The van der Waals surface area contributed by atoms with Crippen LogP contribution in [0.4, 0.5) is 0 Å². The van der Waals surface area contributed by atoms with Crippen molar-refractivity contribution in [2.75, 3.05) is 13.2 Å². The Bertz CT molecular complexity index is 528. The first-order valence-electron chi connectivity index (χ1n) is 6.82. The van der Waals surface area contributed by atoms with E-state index in [1.807, 2.05) is 19.9 Å². The highest BCUT2D eigenvalue weighted by molar-refractivity contribution is 6.36. The summed E-state index contributed by atoms with van der Waals surface area (Å²) in [7, 11) is 0. The van der Waals surface area contributed by atoms with Gasteiger partial charge >= 0.3 is 5.97 Å². The van der Waals surface area contributed by atoms with Crippen molar-refractivity contribution in [3.8, 4) is 11.8 Å². The van der Waals surface area contributed by atoms with Crippen LogP contribution in [0, 0.1) is 17.2 Å². The minimum absolute atomic E-state index is 0.102. The lowest BCUT2D eigenvalue weighted by atomic mass is 9.96. The van der Waals surface area contributed by atoms with Gasteiger partial charge in [0.05, 0.1) is 19.3 Å². The van der Waals surface area contributed by atoms with Gasteiger partial charge in [-0.05, 0) is 30.5 Å². The van der Waals surface area contributed by atoms with Crippen LogP contribution >= 0.6 is 0 Å². The number of nitriles is 1. The lowest BCUT2D eigenvalue weighted by Gasteiger charge is -2.11. The zero-order chi connectivity index (χ0) is 15.8. The Balaban J connectivity index is 2.81. The van der Waals surface area contributed by atoms with Gasteiger partial charge in [0.1, 0.15) is 11.7 Å². The Hall–Kier alpha value is -2.35. The fraction of sp³-hybridized carbons (Fsp3) is 0.438. The number of hydrogen-bond acceptors (Lipinski definition) is 5. The second kappa shape index (κ2) is 8.05. The van der Waals surface area contributed by atoms with Gasteiger partial charge in [-0.15, -0.1) is 0 Å². The number of nitrogens with zero attached hydrogens (tertiary/aromatic N) is 1. The second-order valence-electron chi connectivity index (χ2n) is 4.92. The number of rotatable bonds is 7. The molecule has 0 aromatic heterocycles. The molecule has 0 saturated carbocycles. The van der Waals surface area contributed by atoms with Crippen molar-refractivity contribution >= 4 is 11.8 Å². The molecule has 0 bridgehead atoms. The fourth-order valence-electron chi connectivity index (χ4n) is 1.62. The van der Waals surface area contributed by atoms with Gasteiger partial charge in [0.25, 0.3) is 5.78 Å². The molecule has 1 aromatic carbocycles. The highest BCUT2D eigenvalue weighted by Gasteiger charge is 2.27. The fourth-order valence-corrected chi connectivity index (χ4v) is 1.62. The largest absolute Gasteiger partial charge is 0.493 e.